The third-order valence-corrected chi connectivity index (χ3v) is 3.62. The number of hydrogen-bond acceptors (Lipinski definition) is 4. The monoisotopic (exact) mass is 249 g/mol. The van der Waals surface area contributed by atoms with Crippen LogP contribution in [-0.2, 0) is 14.9 Å². The largest absolute Gasteiger partial charge is 0.748 e. The van der Waals surface area contributed by atoms with E-state index in [-0.39, 0.29) is 16.8 Å². The number of carbonyl (C=O) groups is 1. The molecule has 0 aliphatic carbocycles. The lowest BCUT2D eigenvalue weighted by molar-refractivity contribution is -0.848. The molecule has 0 atom stereocenters. The van der Waals surface area contributed by atoms with Crippen molar-refractivity contribution < 1.29 is 22.2 Å². The van der Waals surface area contributed by atoms with Crippen molar-refractivity contribution in [1.82, 2.24) is 0 Å². The third kappa shape index (κ3) is 4.42. The van der Waals surface area contributed by atoms with Gasteiger partial charge in [-0.25, -0.2) is 13.2 Å². The van der Waals surface area contributed by atoms with Crippen molar-refractivity contribution in [2.75, 3.05) is 25.4 Å². The Bertz CT molecular complexity index is 344. The SMILES string of the molecule is C=CC(=O)[N+](CC)(CC)CCCS(=O)(=O)[O-]. The van der Waals surface area contributed by atoms with Gasteiger partial charge in [-0.05, 0) is 13.8 Å². The van der Waals surface area contributed by atoms with Crippen LogP contribution in [0.15, 0.2) is 12.7 Å². The van der Waals surface area contributed by atoms with Gasteiger partial charge >= 0.3 is 5.91 Å². The summed E-state index contributed by atoms with van der Waals surface area (Å²) >= 11 is 0. The molecule has 0 fully saturated rings. The first-order valence-electron chi connectivity index (χ1n) is 5.28. The van der Waals surface area contributed by atoms with Gasteiger partial charge < -0.3 is 4.55 Å². The molecule has 0 saturated carbocycles. The number of quaternary nitrogens is 1. The normalized spacial score (nSPS) is 12.4. The summed E-state index contributed by atoms with van der Waals surface area (Å²) in [4.78, 5) is 11.7. The molecule has 0 radical (unpaired) electrons. The molecule has 16 heavy (non-hydrogen) atoms. The molecular weight excluding hydrogens is 230 g/mol. The fraction of sp³-hybridized carbons (Fsp3) is 0.700. The van der Waals surface area contributed by atoms with Gasteiger partial charge in [0, 0.05) is 18.2 Å². The van der Waals surface area contributed by atoms with Gasteiger partial charge in [0.15, 0.2) is 0 Å². The van der Waals surface area contributed by atoms with Crippen molar-refractivity contribution in [2.45, 2.75) is 20.3 Å². The van der Waals surface area contributed by atoms with E-state index in [4.69, 9.17) is 0 Å². The van der Waals surface area contributed by atoms with E-state index in [9.17, 15) is 17.8 Å². The molecule has 6 heteroatoms. The van der Waals surface area contributed by atoms with Gasteiger partial charge in [-0.1, -0.05) is 6.58 Å². The molecule has 0 N–H and O–H groups in total. The fourth-order valence-corrected chi connectivity index (χ4v) is 2.18. The van der Waals surface area contributed by atoms with Gasteiger partial charge in [0.05, 0.1) is 29.8 Å². The van der Waals surface area contributed by atoms with Crippen LogP contribution in [0.3, 0.4) is 0 Å². The van der Waals surface area contributed by atoms with Crippen LogP contribution < -0.4 is 0 Å². The second-order valence-corrected chi connectivity index (χ2v) is 5.18. The Balaban J connectivity index is 4.57. The second kappa shape index (κ2) is 6.12. The van der Waals surface area contributed by atoms with Gasteiger partial charge in [0.2, 0.25) is 0 Å². The minimum Gasteiger partial charge on any atom is -0.748 e. The molecule has 0 unspecified atom stereocenters. The number of likely N-dealkylation sites (N-methyl/N-ethyl adjacent to an activating group) is 1. The highest BCUT2D eigenvalue weighted by Gasteiger charge is 2.30. The number of carbonyl (C=O) groups excluding carboxylic acids is 1. The average molecular weight is 249 g/mol. The van der Waals surface area contributed by atoms with Crippen LogP contribution in [0.4, 0.5) is 0 Å². The number of hydrogen-bond donors (Lipinski definition) is 0. The summed E-state index contributed by atoms with van der Waals surface area (Å²) in [5.74, 6) is -0.550. The van der Waals surface area contributed by atoms with Crippen molar-refractivity contribution >= 4 is 16.0 Å². The lowest BCUT2D eigenvalue weighted by Crippen LogP contribution is -2.52. The van der Waals surface area contributed by atoms with E-state index in [1.165, 1.54) is 6.08 Å². The van der Waals surface area contributed by atoms with Gasteiger partial charge in [0.1, 0.15) is 0 Å². The summed E-state index contributed by atoms with van der Waals surface area (Å²) in [7, 11) is -4.19. The maximum atomic E-state index is 11.7. The Labute approximate surface area is 97.1 Å². The summed E-state index contributed by atoms with van der Waals surface area (Å²) in [6.07, 6.45) is 1.45. The molecule has 0 aliphatic rings. The van der Waals surface area contributed by atoms with Crippen molar-refractivity contribution in [3.05, 3.63) is 12.7 Å². The first kappa shape index (κ1) is 15.3. The van der Waals surface area contributed by atoms with Crippen LogP contribution in [0.25, 0.3) is 0 Å². The quantitative estimate of drug-likeness (QED) is 0.374. The standard InChI is InChI=1S/C10H19NO4S/c1-4-10(12)11(5-2,6-3)8-7-9-16(13,14)15/h4H,1,5-9H2,2-3H3. The maximum Gasteiger partial charge on any atom is 0.338 e. The highest BCUT2D eigenvalue weighted by atomic mass is 32.2. The minimum absolute atomic E-state index is 0.131. The Morgan fingerprint density at radius 3 is 2.19 bits per heavy atom. The number of nitrogens with zero attached hydrogens (tertiary/aromatic N) is 1. The third-order valence-electron chi connectivity index (χ3n) is 2.83. The van der Waals surface area contributed by atoms with Crippen molar-refractivity contribution in [3.8, 4) is 0 Å². The Morgan fingerprint density at radius 1 is 1.38 bits per heavy atom. The molecule has 0 aromatic rings. The number of rotatable bonds is 7. The topological polar surface area (TPSA) is 74.3 Å². The molecule has 0 spiro atoms. The van der Waals surface area contributed by atoms with Crippen molar-refractivity contribution in [3.63, 3.8) is 0 Å². The van der Waals surface area contributed by atoms with Gasteiger partial charge in [0.25, 0.3) is 0 Å². The number of amides is 1. The zero-order valence-electron chi connectivity index (χ0n) is 9.81. The van der Waals surface area contributed by atoms with E-state index >= 15 is 0 Å². The van der Waals surface area contributed by atoms with Crippen LogP contribution in [0, 0.1) is 0 Å². The smallest absolute Gasteiger partial charge is 0.338 e. The van der Waals surface area contributed by atoms with Crippen LogP contribution >= 0.6 is 0 Å². The molecule has 0 aromatic heterocycles. The van der Waals surface area contributed by atoms with Gasteiger partial charge in [-0.2, -0.15) is 0 Å². The molecule has 0 heterocycles. The first-order valence-corrected chi connectivity index (χ1v) is 6.85. The summed E-state index contributed by atoms with van der Waals surface area (Å²) in [5, 5.41) is 0. The summed E-state index contributed by atoms with van der Waals surface area (Å²) in [6.45, 7) is 8.65. The van der Waals surface area contributed by atoms with E-state index in [0.717, 1.165) is 0 Å². The molecule has 5 nitrogen and oxygen atoms in total. The zero-order chi connectivity index (χ0) is 12.8. The van der Waals surface area contributed by atoms with Crippen LogP contribution in [-0.4, -0.2) is 48.7 Å². The zero-order valence-corrected chi connectivity index (χ0v) is 10.6. The Kier molecular flexibility index (Phi) is 5.85. The first-order chi connectivity index (χ1) is 7.31. The summed E-state index contributed by atoms with van der Waals surface area (Å²) in [5.41, 5.74) is 0. The molecule has 0 rings (SSSR count). The lowest BCUT2D eigenvalue weighted by Gasteiger charge is -2.32. The second-order valence-electron chi connectivity index (χ2n) is 3.66. The van der Waals surface area contributed by atoms with Gasteiger partial charge in [-0.15, -0.1) is 0 Å². The Morgan fingerprint density at radius 2 is 1.88 bits per heavy atom. The molecule has 0 bridgehead atoms. The highest BCUT2D eigenvalue weighted by Crippen LogP contribution is 2.10. The predicted molar refractivity (Wildman–Crippen MR) is 60.6 cm³/mol. The van der Waals surface area contributed by atoms with E-state index in [1.54, 1.807) is 0 Å². The molecular formula is C10H19NO4S. The molecule has 0 aliphatic heterocycles. The molecule has 0 aromatic carbocycles. The van der Waals surface area contributed by atoms with E-state index in [2.05, 4.69) is 6.58 Å². The average Bonchev–Trinajstić information content (AvgIpc) is 2.22. The van der Waals surface area contributed by atoms with Gasteiger partial charge in [-0.3, -0.25) is 4.48 Å². The molecule has 94 valence electrons. The van der Waals surface area contributed by atoms with Crippen molar-refractivity contribution in [1.29, 1.82) is 0 Å². The maximum absolute atomic E-state index is 11.7. The summed E-state index contributed by atoms with van der Waals surface area (Å²) in [6, 6.07) is 0. The van der Waals surface area contributed by atoms with Crippen LogP contribution in [0.2, 0.25) is 0 Å². The van der Waals surface area contributed by atoms with E-state index in [0.29, 0.717) is 19.6 Å². The molecule has 1 amide bonds. The van der Waals surface area contributed by atoms with Crippen molar-refractivity contribution in [2.24, 2.45) is 0 Å². The van der Waals surface area contributed by atoms with Crippen LogP contribution in [0.5, 0.6) is 0 Å². The van der Waals surface area contributed by atoms with E-state index < -0.39 is 15.9 Å². The lowest BCUT2D eigenvalue weighted by atomic mass is 10.2. The molecule has 0 saturated heterocycles. The highest BCUT2D eigenvalue weighted by molar-refractivity contribution is 7.85. The van der Waals surface area contributed by atoms with E-state index in [1.807, 2.05) is 13.8 Å². The Hall–Kier alpha value is -0.720. The predicted octanol–water partition coefficient (Wildman–Crippen LogP) is 0.491. The minimum atomic E-state index is -4.19. The fourth-order valence-electron chi connectivity index (χ4n) is 1.70. The van der Waals surface area contributed by atoms with Crippen LogP contribution in [0.1, 0.15) is 20.3 Å². The summed E-state index contributed by atoms with van der Waals surface area (Å²) < 4.78 is 31.5.